The largest absolute Gasteiger partial charge is 0.409 e. The van der Waals surface area contributed by atoms with Gasteiger partial charge < -0.3 is 15.9 Å². The minimum Gasteiger partial charge on any atom is -0.409 e. The van der Waals surface area contributed by atoms with Crippen molar-refractivity contribution in [1.29, 1.82) is 0 Å². The lowest BCUT2D eigenvalue weighted by molar-refractivity contribution is 0.318. The number of amidine groups is 1. The van der Waals surface area contributed by atoms with Gasteiger partial charge in [-0.15, -0.1) is 0 Å². The number of hydrogen-bond donors (Lipinski definition) is 3. The van der Waals surface area contributed by atoms with Gasteiger partial charge in [-0.25, -0.2) is 4.98 Å². The number of aryl methyl sites for hydroxylation is 3. The second kappa shape index (κ2) is 5.96. The topological polar surface area (TPSA) is 117 Å². The van der Waals surface area contributed by atoms with Gasteiger partial charge in [-0.3, -0.25) is 9.78 Å². The van der Waals surface area contributed by atoms with Crippen LogP contribution in [0, 0.1) is 20.8 Å². The first-order chi connectivity index (χ1) is 9.90. The molecule has 21 heavy (non-hydrogen) atoms. The molecule has 0 saturated heterocycles. The summed E-state index contributed by atoms with van der Waals surface area (Å²) in [5, 5.41) is 12.4. The molecule has 0 spiro atoms. The monoisotopic (exact) mass is 305 g/mol. The molecule has 0 aliphatic heterocycles. The van der Waals surface area contributed by atoms with Gasteiger partial charge in [0.15, 0.2) is 11.0 Å². The number of aromatic amines is 1. The Labute approximate surface area is 125 Å². The molecule has 0 amide bonds. The van der Waals surface area contributed by atoms with E-state index in [9.17, 15) is 4.79 Å². The normalized spacial score (nSPS) is 11.7. The summed E-state index contributed by atoms with van der Waals surface area (Å²) >= 11 is 1.24. The van der Waals surface area contributed by atoms with E-state index in [4.69, 9.17) is 10.9 Å². The summed E-state index contributed by atoms with van der Waals surface area (Å²) in [7, 11) is 0. The zero-order valence-corrected chi connectivity index (χ0v) is 12.7. The van der Waals surface area contributed by atoms with Gasteiger partial charge in [0.05, 0.1) is 5.56 Å². The van der Waals surface area contributed by atoms with E-state index in [2.05, 4.69) is 20.1 Å². The SMILES string of the molecule is Cc1cc(=O)[nH]c(Sc2cc(C)nc(C)c2/C(N)=N/O)n1. The molecule has 7 nitrogen and oxygen atoms in total. The van der Waals surface area contributed by atoms with Crippen LogP contribution in [0.3, 0.4) is 0 Å². The molecule has 2 rings (SSSR count). The Kier molecular flexibility index (Phi) is 4.27. The predicted molar refractivity (Wildman–Crippen MR) is 79.9 cm³/mol. The van der Waals surface area contributed by atoms with E-state index in [1.807, 2.05) is 6.92 Å². The van der Waals surface area contributed by atoms with E-state index in [-0.39, 0.29) is 11.4 Å². The Morgan fingerprint density at radius 1 is 1.29 bits per heavy atom. The summed E-state index contributed by atoms with van der Waals surface area (Å²) in [5.74, 6) is -0.0301. The maximum Gasteiger partial charge on any atom is 0.251 e. The summed E-state index contributed by atoms with van der Waals surface area (Å²) in [6.07, 6.45) is 0. The van der Waals surface area contributed by atoms with Crippen molar-refractivity contribution in [3.8, 4) is 0 Å². The third-order valence-corrected chi connectivity index (χ3v) is 3.64. The quantitative estimate of drug-likeness (QED) is 0.259. The average molecular weight is 305 g/mol. The van der Waals surface area contributed by atoms with Crippen LogP contribution in [0.1, 0.15) is 22.6 Å². The van der Waals surface area contributed by atoms with Crippen molar-refractivity contribution in [1.82, 2.24) is 15.0 Å². The van der Waals surface area contributed by atoms with E-state index in [1.54, 1.807) is 19.9 Å². The Morgan fingerprint density at radius 2 is 1.95 bits per heavy atom. The van der Waals surface area contributed by atoms with Crippen LogP contribution >= 0.6 is 11.8 Å². The summed E-state index contributed by atoms with van der Waals surface area (Å²) in [4.78, 5) is 23.4. The van der Waals surface area contributed by atoms with Gasteiger partial charge in [-0.05, 0) is 26.8 Å². The van der Waals surface area contributed by atoms with Crippen molar-refractivity contribution in [3.05, 3.63) is 45.1 Å². The lowest BCUT2D eigenvalue weighted by Gasteiger charge is -2.11. The van der Waals surface area contributed by atoms with Gasteiger partial charge in [0.1, 0.15) is 0 Å². The van der Waals surface area contributed by atoms with Crippen molar-refractivity contribution in [2.45, 2.75) is 30.8 Å². The van der Waals surface area contributed by atoms with Crippen molar-refractivity contribution >= 4 is 17.6 Å². The molecule has 8 heteroatoms. The molecule has 0 saturated carbocycles. The lowest BCUT2D eigenvalue weighted by atomic mass is 10.1. The molecule has 2 aromatic rings. The molecule has 0 fully saturated rings. The fourth-order valence-electron chi connectivity index (χ4n) is 1.94. The molecular weight excluding hydrogens is 290 g/mol. The molecule has 0 radical (unpaired) electrons. The number of hydrogen-bond acceptors (Lipinski definition) is 6. The molecule has 0 aromatic carbocycles. The zero-order chi connectivity index (χ0) is 15.6. The first-order valence-electron chi connectivity index (χ1n) is 6.12. The number of H-pyrrole nitrogens is 1. The van der Waals surface area contributed by atoms with Gasteiger partial charge in [0.25, 0.3) is 5.56 Å². The first kappa shape index (κ1) is 15.0. The Morgan fingerprint density at radius 3 is 2.57 bits per heavy atom. The van der Waals surface area contributed by atoms with Crippen LogP contribution in [0.5, 0.6) is 0 Å². The summed E-state index contributed by atoms with van der Waals surface area (Å²) in [6.45, 7) is 5.36. The number of nitrogens with one attached hydrogen (secondary N) is 1. The van der Waals surface area contributed by atoms with Crippen LogP contribution < -0.4 is 11.3 Å². The maximum atomic E-state index is 11.5. The summed E-state index contributed by atoms with van der Waals surface area (Å²) < 4.78 is 0. The predicted octanol–water partition coefficient (Wildman–Crippen LogP) is 1.34. The molecule has 0 aliphatic carbocycles. The second-order valence-electron chi connectivity index (χ2n) is 4.50. The van der Waals surface area contributed by atoms with Crippen molar-refractivity contribution in [3.63, 3.8) is 0 Å². The highest BCUT2D eigenvalue weighted by molar-refractivity contribution is 7.99. The molecular formula is C13H15N5O2S. The molecule has 0 unspecified atom stereocenters. The third-order valence-electron chi connectivity index (χ3n) is 2.71. The first-order valence-corrected chi connectivity index (χ1v) is 6.94. The number of nitrogens with two attached hydrogens (primary N) is 1. The molecule has 0 atom stereocenters. The fraction of sp³-hybridized carbons (Fsp3) is 0.231. The van der Waals surface area contributed by atoms with Crippen molar-refractivity contribution in [2.24, 2.45) is 10.9 Å². The molecule has 2 aromatic heterocycles. The molecule has 4 N–H and O–H groups in total. The van der Waals surface area contributed by atoms with E-state index < -0.39 is 0 Å². The highest BCUT2D eigenvalue weighted by atomic mass is 32.2. The minimum absolute atomic E-state index is 0.0301. The Hall–Kier alpha value is -2.35. The lowest BCUT2D eigenvalue weighted by Crippen LogP contribution is -2.17. The Balaban J connectivity index is 2.55. The van der Waals surface area contributed by atoms with Gasteiger partial charge in [0.2, 0.25) is 0 Å². The van der Waals surface area contributed by atoms with E-state index in [0.29, 0.717) is 27.0 Å². The van der Waals surface area contributed by atoms with Crippen LogP contribution in [0.4, 0.5) is 0 Å². The average Bonchev–Trinajstić information content (AvgIpc) is 2.36. The van der Waals surface area contributed by atoms with Crippen LogP contribution in [-0.2, 0) is 0 Å². The van der Waals surface area contributed by atoms with Gasteiger partial charge in [-0.2, -0.15) is 0 Å². The van der Waals surface area contributed by atoms with E-state index in [1.165, 1.54) is 17.8 Å². The van der Waals surface area contributed by atoms with Gasteiger partial charge in [0, 0.05) is 28.0 Å². The van der Waals surface area contributed by atoms with Gasteiger partial charge in [-0.1, -0.05) is 16.9 Å². The minimum atomic E-state index is -0.224. The fourth-order valence-corrected chi connectivity index (χ4v) is 3.07. The van der Waals surface area contributed by atoms with Crippen LogP contribution in [0.2, 0.25) is 0 Å². The number of oxime groups is 1. The summed E-state index contributed by atoms with van der Waals surface area (Å²) in [5.41, 5.74) is 8.07. The highest BCUT2D eigenvalue weighted by Gasteiger charge is 2.15. The van der Waals surface area contributed by atoms with E-state index >= 15 is 0 Å². The number of pyridine rings is 1. The van der Waals surface area contributed by atoms with Crippen molar-refractivity contribution in [2.75, 3.05) is 0 Å². The zero-order valence-electron chi connectivity index (χ0n) is 11.8. The highest BCUT2D eigenvalue weighted by Crippen LogP contribution is 2.29. The molecule has 110 valence electrons. The molecule has 0 aliphatic rings. The van der Waals surface area contributed by atoms with E-state index in [0.717, 1.165) is 5.69 Å². The smallest absolute Gasteiger partial charge is 0.251 e. The second-order valence-corrected chi connectivity index (χ2v) is 5.53. The van der Waals surface area contributed by atoms with Gasteiger partial charge >= 0.3 is 0 Å². The van der Waals surface area contributed by atoms with Crippen LogP contribution in [-0.4, -0.2) is 26.0 Å². The molecule has 2 heterocycles. The van der Waals surface area contributed by atoms with Crippen LogP contribution in [0.15, 0.2) is 32.1 Å². The van der Waals surface area contributed by atoms with Crippen LogP contribution in [0.25, 0.3) is 0 Å². The Bertz CT molecular complexity index is 770. The standard InChI is InChI=1S/C13H15N5O2S/c1-6-4-9(11(8(3)15-6)12(14)18-20)21-13-16-7(2)5-10(19)17-13/h4-5,20H,1-3H3,(H2,14,18)(H,16,17,19). The number of aromatic nitrogens is 3. The number of nitrogens with zero attached hydrogens (tertiary/aromatic N) is 3. The third kappa shape index (κ3) is 3.40. The maximum absolute atomic E-state index is 11.5. The summed E-state index contributed by atoms with van der Waals surface area (Å²) in [6, 6.07) is 3.21. The van der Waals surface area contributed by atoms with Crippen molar-refractivity contribution < 1.29 is 5.21 Å². The molecule has 0 bridgehead atoms. The number of rotatable bonds is 3.